The number of hydrogen-bond donors (Lipinski definition) is 1. The van der Waals surface area contributed by atoms with Gasteiger partial charge in [-0.3, -0.25) is 0 Å². The summed E-state index contributed by atoms with van der Waals surface area (Å²) in [5, 5.41) is 11.2. The quantitative estimate of drug-likeness (QED) is 0.912. The number of nitrogens with zero attached hydrogens (tertiary/aromatic N) is 2. The number of aromatic nitrogens is 2. The predicted octanol–water partition coefficient (Wildman–Crippen LogP) is 3.79. The molecule has 0 spiro atoms. The molecule has 0 saturated heterocycles. The highest BCUT2D eigenvalue weighted by Gasteiger charge is 2.04. The summed E-state index contributed by atoms with van der Waals surface area (Å²) in [6.07, 6.45) is 0. The molecule has 6 heteroatoms. The first-order valence-corrected chi connectivity index (χ1v) is 6.59. The van der Waals surface area contributed by atoms with E-state index in [0.717, 1.165) is 11.3 Å². The van der Waals surface area contributed by atoms with Crippen molar-refractivity contribution in [2.45, 2.75) is 13.5 Å². The average molecular weight is 298 g/mol. The van der Waals surface area contributed by atoms with Crippen molar-refractivity contribution in [2.75, 3.05) is 11.9 Å². The van der Waals surface area contributed by atoms with Gasteiger partial charge >= 0.3 is 0 Å². The fraction of sp³-hybridized carbons (Fsp3) is 0.231. The molecule has 0 aliphatic heterocycles. The lowest BCUT2D eigenvalue weighted by molar-refractivity contribution is 0.340. The Morgan fingerprint density at radius 1 is 1.21 bits per heavy atom. The highest BCUT2D eigenvalue weighted by Crippen LogP contribution is 2.22. The van der Waals surface area contributed by atoms with E-state index in [-0.39, 0.29) is 0 Å². The molecule has 0 amide bonds. The van der Waals surface area contributed by atoms with Gasteiger partial charge in [0.25, 0.3) is 0 Å². The zero-order valence-electron chi connectivity index (χ0n) is 10.4. The van der Waals surface area contributed by atoms with Crippen LogP contribution in [0.4, 0.5) is 5.69 Å². The van der Waals surface area contributed by atoms with Gasteiger partial charge in [-0.1, -0.05) is 35.3 Å². The molecule has 0 unspecified atom stereocenters. The number of halogens is 2. The van der Waals surface area contributed by atoms with E-state index in [9.17, 15) is 0 Å². The van der Waals surface area contributed by atoms with Crippen molar-refractivity contribution in [2.24, 2.45) is 0 Å². The number of anilines is 1. The lowest BCUT2D eigenvalue weighted by Gasteiger charge is -2.09. The predicted molar refractivity (Wildman–Crippen MR) is 77.0 cm³/mol. The van der Waals surface area contributed by atoms with Gasteiger partial charge in [0.15, 0.2) is 10.3 Å². The van der Waals surface area contributed by atoms with Crippen LogP contribution in [0, 0.1) is 0 Å². The summed E-state index contributed by atoms with van der Waals surface area (Å²) in [5.41, 5.74) is 1.73. The van der Waals surface area contributed by atoms with Gasteiger partial charge in [-0.25, -0.2) is 0 Å². The molecule has 1 N–H and O–H groups in total. The minimum absolute atomic E-state index is 0.297. The van der Waals surface area contributed by atoms with Crippen molar-refractivity contribution in [3.8, 4) is 5.75 Å². The zero-order chi connectivity index (χ0) is 13.7. The summed E-state index contributed by atoms with van der Waals surface area (Å²) in [7, 11) is 0. The lowest BCUT2D eigenvalue weighted by Crippen LogP contribution is -2.02. The normalized spacial score (nSPS) is 10.3. The Morgan fingerprint density at radius 2 is 2.05 bits per heavy atom. The van der Waals surface area contributed by atoms with E-state index in [4.69, 9.17) is 27.9 Å². The second-order valence-electron chi connectivity index (χ2n) is 3.81. The number of hydrogen-bond acceptors (Lipinski definition) is 4. The van der Waals surface area contributed by atoms with Gasteiger partial charge in [0, 0.05) is 12.6 Å². The van der Waals surface area contributed by atoms with Gasteiger partial charge in [-0.05, 0) is 24.6 Å². The van der Waals surface area contributed by atoms with Crippen LogP contribution in [0.2, 0.25) is 10.3 Å². The van der Waals surface area contributed by atoms with E-state index in [2.05, 4.69) is 15.5 Å². The summed E-state index contributed by atoms with van der Waals surface area (Å²) < 4.78 is 5.44. The Hall–Kier alpha value is -1.52. The third-order valence-electron chi connectivity index (χ3n) is 2.41. The molecule has 0 radical (unpaired) electrons. The average Bonchev–Trinajstić information content (AvgIpc) is 2.41. The van der Waals surface area contributed by atoms with Gasteiger partial charge < -0.3 is 10.1 Å². The molecule has 0 bridgehead atoms. The minimum atomic E-state index is 0.297. The second-order valence-corrected chi connectivity index (χ2v) is 4.55. The van der Waals surface area contributed by atoms with Crippen molar-refractivity contribution in [1.29, 1.82) is 0 Å². The summed E-state index contributed by atoms with van der Waals surface area (Å²) in [6.45, 7) is 3.20. The molecular weight excluding hydrogens is 285 g/mol. The Balaban J connectivity index is 2.05. The lowest BCUT2D eigenvalue weighted by atomic mass is 10.2. The van der Waals surface area contributed by atoms with Crippen molar-refractivity contribution >= 4 is 28.9 Å². The third-order valence-corrected chi connectivity index (χ3v) is 2.88. The molecule has 100 valence electrons. The van der Waals surface area contributed by atoms with Gasteiger partial charge in [-0.2, -0.15) is 0 Å². The van der Waals surface area contributed by atoms with Crippen LogP contribution in [0.3, 0.4) is 0 Å². The Bertz CT molecular complexity index is 563. The van der Waals surface area contributed by atoms with Crippen molar-refractivity contribution in [3.05, 3.63) is 46.2 Å². The molecule has 2 rings (SSSR count). The SMILES string of the molecule is CCOc1cccc(CNc2cc(Cl)nnc2Cl)c1. The van der Waals surface area contributed by atoms with Crippen LogP contribution in [0.25, 0.3) is 0 Å². The first-order valence-electron chi connectivity index (χ1n) is 5.83. The smallest absolute Gasteiger partial charge is 0.174 e. The van der Waals surface area contributed by atoms with E-state index in [1.165, 1.54) is 0 Å². The van der Waals surface area contributed by atoms with Gasteiger partial charge in [0.1, 0.15) is 5.75 Å². The molecule has 1 aromatic carbocycles. The summed E-state index contributed by atoms with van der Waals surface area (Å²) in [6, 6.07) is 9.48. The van der Waals surface area contributed by atoms with E-state index in [1.54, 1.807) is 6.07 Å². The molecule has 19 heavy (non-hydrogen) atoms. The van der Waals surface area contributed by atoms with Crippen LogP contribution in [-0.4, -0.2) is 16.8 Å². The summed E-state index contributed by atoms with van der Waals surface area (Å²) >= 11 is 11.7. The molecule has 0 aliphatic carbocycles. The maximum absolute atomic E-state index is 5.92. The molecule has 1 aromatic heterocycles. The van der Waals surface area contributed by atoms with Crippen molar-refractivity contribution in [1.82, 2.24) is 10.2 Å². The molecule has 0 saturated carbocycles. The molecule has 0 aliphatic rings. The number of nitrogens with one attached hydrogen (secondary N) is 1. The monoisotopic (exact) mass is 297 g/mol. The van der Waals surface area contributed by atoms with E-state index < -0.39 is 0 Å². The maximum Gasteiger partial charge on any atom is 0.174 e. The summed E-state index contributed by atoms with van der Waals surface area (Å²) in [4.78, 5) is 0. The van der Waals surface area contributed by atoms with Crippen molar-refractivity contribution < 1.29 is 4.74 Å². The first kappa shape index (κ1) is 13.9. The highest BCUT2D eigenvalue weighted by atomic mass is 35.5. The Labute approximate surface area is 121 Å². The van der Waals surface area contributed by atoms with Crippen LogP contribution < -0.4 is 10.1 Å². The van der Waals surface area contributed by atoms with Gasteiger partial charge in [0.2, 0.25) is 0 Å². The van der Waals surface area contributed by atoms with Gasteiger partial charge in [0.05, 0.1) is 12.3 Å². The summed E-state index contributed by atoms with van der Waals surface area (Å²) in [5.74, 6) is 0.846. The van der Waals surface area contributed by atoms with E-state index in [0.29, 0.717) is 29.1 Å². The number of ether oxygens (including phenoxy) is 1. The van der Waals surface area contributed by atoms with Gasteiger partial charge in [-0.15, -0.1) is 10.2 Å². The largest absolute Gasteiger partial charge is 0.494 e. The molecule has 0 atom stereocenters. The second kappa shape index (κ2) is 6.59. The van der Waals surface area contributed by atoms with E-state index in [1.807, 2.05) is 31.2 Å². The number of rotatable bonds is 5. The topological polar surface area (TPSA) is 47.0 Å². The molecule has 4 nitrogen and oxygen atoms in total. The van der Waals surface area contributed by atoms with Crippen LogP contribution >= 0.6 is 23.2 Å². The molecule has 0 fully saturated rings. The van der Waals surface area contributed by atoms with Crippen molar-refractivity contribution in [3.63, 3.8) is 0 Å². The van der Waals surface area contributed by atoms with Crippen LogP contribution in [0.5, 0.6) is 5.75 Å². The standard InChI is InChI=1S/C13H13Cl2N3O/c1-2-19-10-5-3-4-9(6-10)8-16-11-7-12(14)17-18-13(11)15/h3-7H,2,8H2,1H3,(H,16,17). The zero-order valence-corrected chi connectivity index (χ0v) is 11.9. The molecule has 1 heterocycles. The Kier molecular flexibility index (Phi) is 4.82. The van der Waals surface area contributed by atoms with Crippen LogP contribution in [-0.2, 0) is 6.54 Å². The minimum Gasteiger partial charge on any atom is -0.494 e. The van der Waals surface area contributed by atoms with Crippen LogP contribution in [0.1, 0.15) is 12.5 Å². The number of benzene rings is 1. The Morgan fingerprint density at radius 3 is 2.84 bits per heavy atom. The fourth-order valence-electron chi connectivity index (χ4n) is 1.59. The third kappa shape index (κ3) is 3.98. The van der Waals surface area contributed by atoms with Crippen LogP contribution in [0.15, 0.2) is 30.3 Å². The molecular formula is C13H13Cl2N3O. The molecule has 2 aromatic rings. The highest BCUT2D eigenvalue weighted by molar-refractivity contribution is 6.33. The van der Waals surface area contributed by atoms with E-state index >= 15 is 0 Å². The fourth-order valence-corrected chi connectivity index (χ4v) is 1.89. The maximum atomic E-state index is 5.92. The first-order chi connectivity index (χ1) is 9.19.